The molecule has 2 aromatic carbocycles. The van der Waals surface area contributed by atoms with E-state index in [2.05, 4.69) is 70.3 Å². The summed E-state index contributed by atoms with van der Waals surface area (Å²) in [6.45, 7) is 1.56. The van der Waals surface area contributed by atoms with Crippen molar-refractivity contribution in [2.75, 3.05) is 25.2 Å². The number of hydrogen-bond donors (Lipinski definition) is 0. The Morgan fingerprint density at radius 2 is 1.14 bits per heavy atom. The van der Waals surface area contributed by atoms with Crippen molar-refractivity contribution >= 4 is 16.9 Å². The van der Waals surface area contributed by atoms with Crippen LogP contribution in [0.15, 0.2) is 54.1 Å². The molecule has 5 fully saturated rings. The highest BCUT2D eigenvalue weighted by Gasteiger charge is 2.47. The maximum Gasteiger partial charge on any atom is 0.109 e. The highest BCUT2D eigenvalue weighted by Crippen LogP contribution is 2.60. The molecule has 0 atom stereocenters. The number of rotatable bonds is 0. The fraction of sp³-hybridized carbons (Fsp3) is 0.462. The smallest absolute Gasteiger partial charge is 0.109 e. The Hall–Kier alpha value is -2.10. The van der Waals surface area contributed by atoms with Crippen molar-refractivity contribution in [3.05, 3.63) is 65.2 Å². The van der Waals surface area contributed by atoms with E-state index in [4.69, 9.17) is 0 Å². The summed E-state index contributed by atoms with van der Waals surface area (Å²) in [7, 11) is 2.22. The van der Waals surface area contributed by atoms with Crippen LogP contribution in [-0.4, -0.2) is 20.3 Å². The summed E-state index contributed by atoms with van der Waals surface area (Å²) in [5, 5.41) is 0. The SMILES string of the molecule is C1COO1.CN1c2ccccc2C(=C2C3CC4CC(C3)CC2C4)c2ccccc21. The van der Waals surface area contributed by atoms with E-state index in [9.17, 15) is 0 Å². The first-order valence-corrected chi connectivity index (χ1v) is 11.2. The van der Waals surface area contributed by atoms with Gasteiger partial charge in [0.05, 0.1) is 0 Å². The van der Waals surface area contributed by atoms with Crippen LogP contribution in [0.2, 0.25) is 0 Å². The summed E-state index contributed by atoms with van der Waals surface area (Å²) >= 11 is 0. The first kappa shape index (κ1) is 17.7. The summed E-state index contributed by atoms with van der Waals surface area (Å²) in [6.07, 6.45) is 7.32. The first-order valence-electron chi connectivity index (χ1n) is 11.2. The van der Waals surface area contributed by atoms with E-state index in [1.54, 1.807) is 5.57 Å². The lowest BCUT2D eigenvalue weighted by molar-refractivity contribution is -0.382. The number of benzene rings is 2. The zero-order chi connectivity index (χ0) is 19.4. The fourth-order valence-electron chi connectivity index (χ4n) is 6.72. The van der Waals surface area contributed by atoms with Crippen LogP contribution in [0.4, 0.5) is 11.4 Å². The molecule has 6 aliphatic rings. The van der Waals surface area contributed by atoms with Gasteiger partial charge in [0, 0.05) is 29.5 Å². The van der Waals surface area contributed by atoms with Crippen molar-refractivity contribution in [2.45, 2.75) is 32.1 Å². The van der Waals surface area contributed by atoms with Gasteiger partial charge in [0.15, 0.2) is 0 Å². The normalized spacial score (nSPS) is 30.9. The Labute approximate surface area is 173 Å². The van der Waals surface area contributed by atoms with Gasteiger partial charge >= 0.3 is 0 Å². The van der Waals surface area contributed by atoms with Gasteiger partial charge in [-0.25, -0.2) is 9.78 Å². The molecule has 0 spiro atoms. The van der Waals surface area contributed by atoms with Gasteiger partial charge in [-0.15, -0.1) is 0 Å². The maximum atomic E-state index is 4.22. The first-order chi connectivity index (χ1) is 14.3. The summed E-state index contributed by atoms with van der Waals surface area (Å²) in [6, 6.07) is 18.1. The number of fused-ring (bicyclic) bond motifs is 2. The molecule has 1 saturated heterocycles. The summed E-state index contributed by atoms with van der Waals surface area (Å²) in [5.74, 6) is 3.72. The van der Waals surface area contributed by atoms with E-state index < -0.39 is 0 Å². The minimum atomic E-state index is 0.778. The largest absolute Gasteiger partial charge is 0.344 e. The van der Waals surface area contributed by atoms with Gasteiger partial charge in [0.25, 0.3) is 0 Å². The topological polar surface area (TPSA) is 21.7 Å². The summed E-state index contributed by atoms with van der Waals surface area (Å²) in [5.41, 5.74) is 9.09. The zero-order valence-electron chi connectivity index (χ0n) is 17.1. The highest BCUT2D eigenvalue weighted by atomic mass is 17.2. The summed E-state index contributed by atoms with van der Waals surface area (Å²) in [4.78, 5) is 10.8. The second kappa shape index (κ2) is 7.00. The second-order valence-corrected chi connectivity index (χ2v) is 9.37. The fourth-order valence-corrected chi connectivity index (χ4v) is 6.72. The molecule has 0 N–H and O–H groups in total. The molecule has 2 aliphatic heterocycles. The van der Waals surface area contributed by atoms with E-state index in [0.717, 1.165) is 36.9 Å². The lowest BCUT2D eigenvalue weighted by Crippen LogP contribution is -2.41. The van der Waals surface area contributed by atoms with E-state index in [-0.39, 0.29) is 0 Å². The predicted octanol–water partition coefficient (Wildman–Crippen LogP) is 5.97. The number of para-hydroxylation sites is 2. The number of nitrogens with zero attached hydrogens (tertiary/aromatic N) is 1. The third kappa shape index (κ3) is 2.86. The molecular weight excluding hydrogens is 358 g/mol. The lowest BCUT2D eigenvalue weighted by atomic mass is 9.53. The molecule has 0 amide bonds. The van der Waals surface area contributed by atoms with Crippen molar-refractivity contribution < 1.29 is 9.78 Å². The van der Waals surface area contributed by atoms with Crippen LogP contribution in [-0.2, 0) is 9.78 Å². The second-order valence-electron chi connectivity index (χ2n) is 9.37. The average Bonchev–Trinajstić information content (AvgIpc) is 2.68. The molecule has 0 radical (unpaired) electrons. The molecule has 4 bridgehead atoms. The van der Waals surface area contributed by atoms with Gasteiger partial charge in [0.2, 0.25) is 0 Å². The van der Waals surface area contributed by atoms with Crippen LogP contribution in [0.5, 0.6) is 0 Å². The third-order valence-electron chi connectivity index (χ3n) is 7.71. The van der Waals surface area contributed by atoms with E-state index >= 15 is 0 Å². The Morgan fingerprint density at radius 3 is 1.59 bits per heavy atom. The maximum absolute atomic E-state index is 4.22. The molecule has 3 nitrogen and oxygen atoms in total. The Kier molecular flexibility index (Phi) is 4.28. The number of anilines is 2. The van der Waals surface area contributed by atoms with Gasteiger partial charge in [0.1, 0.15) is 13.2 Å². The standard InChI is InChI=1S/C24H25N.C2H4O2/c1-25-21-8-4-2-6-19(21)24(20-7-3-5-9-22(20)25)23-17-11-15-10-16(13-17)14-18(23)12-15;1-2-4-3-1/h2-9,15-18H,10-14H2,1H3;1-2H2. The highest BCUT2D eigenvalue weighted by molar-refractivity contribution is 5.99. The zero-order valence-corrected chi connectivity index (χ0v) is 17.1. The van der Waals surface area contributed by atoms with Crippen molar-refractivity contribution in [1.29, 1.82) is 0 Å². The van der Waals surface area contributed by atoms with Crippen LogP contribution in [0.3, 0.4) is 0 Å². The van der Waals surface area contributed by atoms with Crippen LogP contribution in [0, 0.1) is 23.7 Å². The molecule has 0 unspecified atom stereocenters. The van der Waals surface area contributed by atoms with E-state index in [1.807, 2.05) is 5.57 Å². The predicted molar refractivity (Wildman–Crippen MR) is 116 cm³/mol. The third-order valence-corrected chi connectivity index (χ3v) is 7.71. The minimum Gasteiger partial charge on any atom is -0.344 e. The van der Waals surface area contributed by atoms with Crippen LogP contribution in [0.25, 0.3) is 5.57 Å². The molecule has 2 aromatic rings. The number of hydrogen-bond acceptors (Lipinski definition) is 3. The van der Waals surface area contributed by atoms with Gasteiger partial charge < -0.3 is 4.90 Å². The van der Waals surface area contributed by atoms with Crippen molar-refractivity contribution in [1.82, 2.24) is 0 Å². The Bertz CT molecular complexity index is 875. The molecule has 3 heteroatoms. The van der Waals surface area contributed by atoms with Crippen molar-refractivity contribution in [2.24, 2.45) is 23.7 Å². The van der Waals surface area contributed by atoms with E-state index in [1.165, 1.54) is 54.6 Å². The Morgan fingerprint density at radius 1 is 0.690 bits per heavy atom. The Balaban J connectivity index is 0.000000372. The van der Waals surface area contributed by atoms with Crippen molar-refractivity contribution in [3.8, 4) is 0 Å². The molecule has 4 saturated carbocycles. The molecular formula is C26H29NO2. The monoisotopic (exact) mass is 387 g/mol. The molecule has 8 rings (SSSR count). The van der Waals surface area contributed by atoms with Gasteiger partial charge in [-0.05, 0) is 73.5 Å². The molecule has 150 valence electrons. The molecule has 2 heterocycles. The van der Waals surface area contributed by atoms with Gasteiger partial charge in [-0.2, -0.15) is 0 Å². The summed E-state index contributed by atoms with van der Waals surface area (Å²) < 4.78 is 0. The van der Waals surface area contributed by atoms with Crippen molar-refractivity contribution in [3.63, 3.8) is 0 Å². The van der Waals surface area contributed by atoms with Gasteiger partial charge in [-0.3, -0.25) is 0 Å². The van der Waals surface area contributed by atoms with Crippen LogP contribution >= 0.6 is 0 Å². The quantitative estimate of drug-likeness (QED) is 0.520. The lowest BCUT2D eigenvalue weighted by Gasteiger charge is -2.52. The van der Waals surface area contributed by atoms with Gasteiger partial charge in [-0.1, -0.05) is 42.0 Å². The number of allylic oxidation sites excluding steroid dienone is 1. The average molecular weight is 388 g/mol. The molecule has 4 aliphatic carbocycles. The molecule has 0 aromatic heterocycles. The van der Waals surface area contributed by atoms with Crippen LogP contribution < -0.4 is 4.90 Å². The van der Waals surface area contributed by atoms with E-state index in [0.29, 0.717) is 0 Å². The minimum absolute atomic E-state index is 0.778. The molecule has 29 heavy (non-hydrogen) atoms. The van der Waals surface area contributed by atoms with Crippen LogP contribution in [0.1, 0.15) is 43.2 Å².